The number of piperidine rings is 1. The normalized spacial score (nSPS) is 21.2. The Morgan fingerprint density at radius 2 is 1.91 bits per heavy atom. The highest BCUT2D eigenvalue weighted by Crippen LogP contribution is 2.36. The molecule has 0 bridgehead atoms. The smallest absolute Gasteiger partial charge is 0.410 e. The summed E-state index contributed by atoms with van der Waals surface area (Å²) in [6.07, 6.45) is 1.85. The van der Waals surface area contributed by atoms with E-state index in [1.54, 1.807) is 6.07 Å². The second-order valence-corrected chi connectivity index (χ2v) is 10.9. The van der Waals surface area contributed by atoms with E-state index < -0.39 is 5.60 Å². The van der Waals surface area contributed by atoms with Gasteiger partial charge in [0.15, 0.2) is 5.82 Å². The molecule has 0 saturated carbocycles. The van der Waals surface area contributed by atoms with Gasteiger partial charge >= 0.3 is 6.09 Å². The van der Waals surface area contributed by atoms with Crippen LogP contribution in [-0.2, 0) is 4.74 Å². The van der Waals surface area contributed by atoms with E-state index >= 15 is 0 Å². The summed E-state index contributed by atoms with van der Waals surface area (Å²) in [5.41, 5.74) is 1.98. The van der Waals surface area contributed by atoms with Gasteiger partial charge in [-0.3, -0.25) is 4.90 Å². The topological polar surface area (TPSA) is 94.1 Å². The minimum atomic E-state index is -0.450. The molecule has 3 aliphatic rings. The van der Waals surface area contributed by atoms with E-state index in [4.69, 9.17) is 4.74 Å². The predicted octanol–water partition coefficient (Wildman–Crippen LogP) is 3.41. The second kappa shape index (κ2) is 9.53. The van der Waals surface area contributed by atoms with Gasteiger partial charge in [-0.1, -0.05) is 12.1 Å². The van der Waals surface area contributed by atoms with Gasteiger partial charge in [0, 0.05) is 51.4 Å². The Morgan fingerprint density at radius 1 is 1.14 bits per heavy atom. The molecule has 1 atom stereocenters. The predicted molar refractivity (Wildman–Crippen MR) is 136 cm³/mol. The van der Waals surface area contributed by atoms with Crippen molar-refractivity contribution in [3.63, 3.8) is 0 Å². The molecule has 0 spiro atoms. The number of nitrogens with one attached hydrogen (secondary N) is 1. The third kappa shape index (κ3) is 5.29. The lowest BCUT2D eigenvalue weighted by molar-refractivity contribution is 0.0167. The largest absolute Gasteiger partial charge is 0.507 e. The van der Waals surface area contributed by atoms with E-state index in [9.17, 15) is 9.90 Å². The molecule has 1 amide bonds. The summed E-state index contributed by atoms with van der Waals surface area (Å²) in [4.78, 5) is 19.2. The van der Waals surface area contributed by atoms with Crippen molar-refractivity contribution in [3.8, 4) is 17.0 Å². The Hall–Kier alpha value is -3.07. The Labute approximate surface area is 207 Å². The van der Waals surface area contributed by atoms with Gasteiger partial charge < -0.3 is 25.0 Å². The number of phenols is 1. The maximum atomic E-state index is 12.4. The Balaban J connectivity index is 1.18. The van der Waals surface area contributed by atoms with Gasteiger partial charge in [0.2, 0.25) is 0 Å². The van der Waals surface area contributed by atoms with Crippen molar-refractivity contribution in [1.29, 1.82) is 0 Å². The van der Waals surface area contributed by atoms with Gasteiger partial charge in [-0.05, 0) is 57.7 Å². The first kappa shape index (κ1) is 23.7. The molecule has 0 radical (unpaired) electrons. The van der Waals surface area contributed by atoms with Crippen LogP contribution in [0.2, 0.25) is 0 Å². The number of carbonyl (C=O) groups is 1. The molecule has 3 aliphatic heterocycles. The molecule has 9 nitrogen and oxygen atoms in total. The van der Waals surface area contributed by atoms with Crippen molar-refractivity contribution in [3.05, 3.63) is 30.3 Å². The number of fused-ring (bicyclic) bond motifs is 3. The number of hydrogen-bond acceptors (Lipinski definition) is 8. The SMILES string of the molecule is CC(C)(C)OC(=O)N1CCC(CN2CCN3c4cc(-c5ccccc5O)nnc4NCC3C2)CC1. The summed E-state index contributed by atoms with van der Waals surface area (Å²) >= 11 is 0. The quantitative estimate of drug-likeness (QED) is 0.690. The minimum absolute atomic E-state index is 0.192. The summed E-state index contributed by atoms with van der Waals surface area (Å²) in [6, 6.07) is 9.65. The fourth-order valence-electron chi connectivity index (χ4n) is 5.33. The van der Waals surface area contributed by atoms with Gasteiger partial charge in [0.1, 0.15) is 11.4 Å². The van der Waals surface area contributed by atoms with Crippen molar-refractivity contribution in [2.24, 2.45) is 5.92 Å². The highest BCUT2D eigenvalue weighted by Gasteiger charge is 2.34. The molecular formula is C26H36N6O3. The fourth-order valence-corrected chi connectivity index (χ4v) is 5.33. The number of para-hydroxylation sites is 1. The number of carbonyl (C=O) groups excluding carboxylic acids is 1. The molecule has 188 valence electrons. The summed E-state index contributed by atoms with van der Waals surface area (Å²) in [6.45, 7) is 12.1. The lowest BCUT2D eigenvalue weighted by Crippen LogP contribution is -2.58. The Morgan fingerprint density at radius 3 is 2.66 bits per heavy atom. The zero-order chi connectivity index (χ0) is 24.6. The van der Waals surface area contributed by atoms with Crippen LogP contribution < -0.4 is 10.2 Å². The lowest BCUT2D eigenvalue weighted by atomic mass is 9.95. The number of piperazine rings is 1. The van der Waals surface area contributed by atoms with E-state index in [0.717, 1.165) is 70.2 Å². The zero-order valence-electron chi connectivity index (χ0n) is 20.9. The first-order valence-electron chi connectivity index (χ1n) is 12.6. The van der Waals surface area contributed by atoms with Gasteiger partial charge in [0.25, 0.3) is 0 Å². The van der Waals surface area contributed by atoms with Crippen LogP contribution in [0.4, 0.5) is 16.3 Å². The van der Waals surface area contributed by atoms with E-state index in [-0.39, 0.29) is 11.8 Å². The monoisotopic (exact) mass is 480 g/mol. The first-order chi connectivity index (χ1) is 16.8. The zero-order valence-corrected chi connectivity index (χ0v) is 20.9. The maximum Gasteiger partial charge on any atom is 0.410 e. The van der Waals surface area contributed by atoms with Crippen molar-refractivity contribution in [2.75, 3.05) is 56.0 Å². The van der Waals surface area contributed by atoms with Crippen molar-refractivity contribution in [1.82, 2.24) is 20.0 Å². The lowest BCUT2D eigenvalue weighted by Gasteiger charge is -2.47. The molecule has 5 rings (SSSR count). The second-order valence-electron chi connectivity index (χ2n) is 10.9. The van der Waals surface area contributed by atoms with Crippen LogP contribution in [0, 0.1) is 5.92 Å². The summed E-state index contributed by atoms with van der Waals surface area (Å²) in [5, 5.41) is 22.5. The van der Waals surface area contributed by atoms with Gasteiger partial charge in [-0.2, -0.15) is 0 Å². The van der Waals surface area contributed by atoms with Gasteiger partial charge in [-0.25, -0.2) is 4.79 Å². The summed E-state index contributed by atoms with van der Waals surface area (Å²) in [7, 11) is 0. The highest BCUT2D eigenvalue weighted by molar-refractivity contribution is 5.76. The molecular weight excluding hydrogens is 444 g/mol. The molecule has 1 aromatic carbocycles. The van der Waals surface area contributed by atoms with Crippen LogP contribution in [-0.4, -0.2) is 88.7 Å². The standard InChI is InChI=1S/C26H36N6O3/c1-26(2,3)35-25(34)31-10-8-18(9-11-31)16-30-12-13-32-19(17-30)15-27-24-22(32)14-21(28-29-24)20-6-4-5-7-23(20)33/h4-7,14,18-19,33H,8-13,15-17H2,1-3H3,(H,27,29). The Bertz CT molecular complexity index is 1060. The number of aromatic hydroxyl groups is 1. The molecule has 0 aliphatic carbocycles. The van der Waals surface area contributed by atoms with Crippen molar-refractivity contribution >= 4 is 17.6 Å². The van der Waals surface area contributed by atoms with Crippen LogP contribution in [0.15, 0.2) is 30.3 Å². The van der Waals surface area contributed by atoms with Crippen LogP contribution >= 0.6 is 0 Å². The summed E-state index contributed by atoms with van der Waals surface area (Å²) in [5.74, 6) is 1.62. The molecule has 9 heteroatoms. The number of amides is 1. The Kier molecular flexibility index (Phi) is 6.44. The number of likely N-dealkylation sites (tertiary alicyclic amines) is 1. The average molecular weight is 481 g/mol. The van der Waals surface area contributed by atoms with Crippen molar-refractivity contribution in [2.45, 2.75) is 45.3 Å². The number of hydrogen-bond donors (Lipinski definition) is 2. The van der Waals surface area contributed by atoms with E-state index in [1.165, 1.54) is 0 Å². The molecule has 2 N–H and O–H groups in total. The van der Waals surface area contributed by atoms with E-state index in [1.807, 2.05) is 49.9 Å². The first-order valence-corrected chi connectivity index (χ1v) is 12.6. The third-order valence-corrected chi connectivity index (χ3v) is 7.12. The van der Waals surface area contributed by atoms with E-state index in [0.29, 0.717) is 23.2 Å². The number of aromatic nitrogens is 2. The molecule has 4 heterocycles. The van der Waals surface area contributed by atoms with Crippen LogP contribution in [0.1, 0.15) is 33.6 Å². The third-order valence-electron chi connectivity index (χ3n) is 7.12. The number of ether oxygens (including phenoxy) is 1. The van der Waals surface area contributed by atoms with E-state index in [2.05, 4.69) is 25.3 Å². The fraction of sp³-hybridized carbons (Fsp3) is 0.577. The van der Waals surface area contributed by atoms with Gasteiger partial charge in [-0.15, -0.1) is 10.2 Å². The van der Waals surface area contributed by atoms with Crippen LogP contribution in [0.5, 0.6) is 5.75 Å². The van der Waals surface area contributed by atoms with Crippen LogP contribution in [0.25, 0.3) is 11.3 Å². The number of benzene rings is 1. The minimum Gasteiger partial charge on any atom is -0.507 e. The van der Waals surface area contributed by atoms with Gasteiger partial charge in [0.05, 0.1) is 17.4 Å². The molecule has 1 aromatic heterocycles. The number of nitrogens with zero attached hydrogens (tertiary/aromatic N) is 5. The molecule has 2 aromatic rings. The highest BCUT2D eigenvalue weighted by atomic mass is 16.6. The average Bonchev–Trinajstić information content (AvgIpc) is 2.83. The maximum absolute atomic E-state index is 12.4. The van der Waals surface area contributed by atoms with Crippen LogP contribution in [0.3, 0.4) is 0 Å². The molecule has 2 saturated heterocycles. The number of rotatable bonds is 3. The summed E-state index contributed by atoms with van der Waals surface area (Å²) < 4.78 is 5.53. The van der Waals surface area contributed by atoms with Crippen molar-refractivity contribution < 1.29 is 14.6 Å². The molecule has 35 heavy (non-hydrogen) atoms. The number of phenolic OH excluding ortho intramolecular Hbond substituents is 1. The molecule has 2 fully saturated rings. The number of anilines is 2. The molecule has 1 unspecified atom stereocenters.